The molecule has 0 aliphatic carbocycles. The number of hydrogen-bond donors (Lipinski definition) is 2. The number of amides is 1. The van der Waals surface area contributed by atoms with Crippen LogP contribution in [-0.2, 0) is 27.5 Å². The number of carbonyl (C=O) groups is 1. The van der Waals surface area contributed by atoms with Crippen molar-refractivity contribution in [3.8, 4) is 0 Å². The molecule has 0 aliphatic heterocycles. The Hall–Kier alpha value is -2.46. The Bertz CT molecular complexity index is 913. The van der Waals surface area contributed by atoms with Gasteiger partial charge in [0.25, 0.3) is 0 Å². The van der Waals surface area contributed by atoms with Crippen LogP contribution in [0.5, 0.6) is 0 Å². The van der Waals surface area contributed by atoms with Gasteiger partial charge in [0.05, 0.1) is 16.5 Å². The van der Waals surface area contributed by atoms with Crippen molar-refractivity contribution in [2.24, 2.45) is 0 Å². The number of carbonyl (C=O) groups excluding carboxylic acids is 1. The zero-order chi connectivity index (χ0) is 20.2. The Morgan fingerprint density at radius 2 is 1.74 bits per heavy atom. The molecule has 2 rings (SSSR count). The second-order valence-corrected chi connectivity index (χ2v) is 7.43. The summed E-state index contributed by atoms with van der Waals surface area (Å²) in [5.41, 5.74) is -0.517. The SMILES string of the molecule is CC(NS(=O)(=O)c1cccc(C(F)(F)F)c1)C(=O)NCc1ccc(F)cc1. The van der Waals surface area contributed by atoms with Crippen molar-refractivity contribution in [1.29, 1.82) is 0 Å². The molecular formula is C17H16F4N2O3S. The molecule has 1 amide bonds. The Morgan fingerprint density at radius 3 is 2.33 bits per heavy atom. The summed E-state index contributed by atoms with van der Waals surface area (Å²) >= 11 is 0. The average Bonchev–Trinajstić information content (AvgIpc) is 2.60. The van der Waals surface area contributed by atoms with Crippen molar-refractivity contribution in [3.63, 3.8) is 0 Å². The van der Waals surface area contributed by atoms with Gasteiger partial charge in [-0.2, -0.15) is 17.9 Å². The van der Waals surface area contributed by atoms with Gasteiger partial charge in [-0.1, -0.05) is 18.2 Å². The fraction of sp³-hybridized carbons (Fsp3) is 0.235. The third kappa shape index (κ3) is 5.76. The maximum Gasteiger partial charge on any atom is 0.416 e. The van der Waals surface area contributed by atoms with Crippen LogP contribution in [0.2, 0.25) is 0 Å². The molecular weight excluding hydrogens is 388 g/mol. The summed E-state index contributed by atoms with van der Waals surface area (Å²) in [6, 6.07) is 7.30. The molecule has 0 aliphatic rings. The second-order valence-electron chi connectivity index (χ2n) is 5.71. The number of sulfonamides is 1. The van der Waals surface area contributed by atoms with Gasteiger partial charge >= 0.3 is 6.18 Å². The summed E-state index contributed by atoms with van der Waals surface area (Å²) in [5, 5.41) is 2.46. The number of halogens is 4. The lowest BCUT2D eigenvalue weighted by atomic mass is 10.2. The van der Waals surface area contributed by atoms with Gasteiger partial charge in [0.1, 0.15) is 5.82 Å². The molecule has 0 aromatic heterocycles. The molecule has 0 saturated carbocycles. The van der Waals surface area contributed by atoms with E-state index in [-0.39, 0.29) is 6.54 Å². The van der Waals surface area contributed by atoms with Gasteiger partial charge in [-0.25, -0.2) is 12.8 Å². The van der Waals surface area contributed by atoms with E-state index in [0.29, 0.717) is 11.6 Å². The first-order valence-electron chi connectivity index (χ1n) is 7.71. The van der Waals surface area contributed by atoms with Crippen LogP contribution in [0, 0.1) is 5.82 Å². The van der Waals surface area contributed by atoms with Gasteiger partial charge in [-0.3, -0.25) is 4.79 Å². The van der Waals surface area contributed by atoms with E-state index in [2.05, 4.69) is 5.32 Å². The largest absolute Gasteiger partial charge is 0.416 e. The lowest BCUT2D eigenvalue weighted by molar-refractivity contribution is -0.137. The molecule has 0 bridgehead atoms. The molecule has 1 atom stereocenters. The number of alkyl halides is 3. The van der Waals surface area contributed by atoms with Crippen LogP contribution in [0.3, 0.4) is 0 Å². The normalized spacial score (nSPS) is 13.2. The van der Waals surface area contributed by atoms with E-state index in [1.807, 2.05) is 4.72 Å². The summed E-state index contributed by atoms with van der Waals surface area (Å²) in [5.74, 6) is -1.12. The number of nitrogens with one attached hydrogen (secondary N) is 2. The fourth-order valence-corrected chi connectivity index (χ4v) is 3.39. The Labute approximate surface area is 153 Å². The van der Waals surface area contributed by atoms with Crippen molar-refractivity contribution >= 4 is 15.9 Å². The molecule has 0 saturated heterocycles. The van der Waals surface area contributed by atoms with Gasteiger partial charge in [0, 0.05) is 6.54 Å². The molecule has 2 aromatic carbocycles. The van der Waals surface area contributed by atoms with Crippen LogP contribution in [0.25, 0.3) is 0 Å². The third-order valence-electron chi connectivity index (χ3n) is 3.58. The highest BCUT2D eigenvalue weighted by Gasteiger charge is 2.32. The van der Waals surface area contributed by atoms with Crippen LogP contribution < -0.4 is 10.0 Å². The molecule has 0 radical (unpaired) electrons. The van der Waals surface area contributed by atoms with Gasteiger partial charge < -0.3 is 5.32 Å². The first-order valence-corrected chi connectivity index (χ1v) is 9.19. The van der Waals surface area contributed by atoms with Gasteiger partial charge in [0.2, 0.25) is 15.9 Å². The van der Waals surface area contributed by atoms with Gasteiger partial charge in [0.15, 0.2) is 0 Å². The maximum atomic E-state index is 12.8. The highest BCUT2D eigenvalue weighted by atomic mass is 32.2. The third-order valence-corrected chi connectivity index (χ3v) is 5.12. The molecule has 2 aromatic rings. The molecule has 5 nitrogen and oxygen atoms in total. The monoisotopic (exact) mass is 404 g/mol. The van der Waals surface area contributed by atoms with Crippen LogP contribution in [-0.4, -0.2) is 20.4 Å². The van der Waals surface area contributed by atoms with E-state index < -0.39 is 44.4 Å². The topological polar surface area (TPSA) is 75.3 Å². The summed E-state index contributed by atoms with van der Waals surface area (Å²) in [4.78, 5) is 11.4. The highest BCUT2D eigenvalue weighted by Crippen LogP contribution is 2.30. The first kappa shape index (κ1) is 20.8. The summed E-state index contributed by atoms with van der Waals surface area (Å²) < 4.78 is 77.5. The van der Waals surface area contributed by atoms with E-state index in [1.54, 1.807) is 0 Å². The zero-order valence-electron chi connectivity index (χ0n) is 14.0. The smallest absolute Gasteiger partial charge is 0.351 e. The van der Waals surface area contributed by atoms with Crippen molar-refractivity contribution in [3.05, 3.63) is 65.5 Å². The zero-order valence-corrected chi connectivity index (χ0v) is 14.9. The predicted molar refractivity (Wildman–Crippen MR) is 89.5 cm³/mol. The van der Waals surface area contributed by atoms with E-state index in [4.69, 9.17) is 0 Å². The Morgan fingerprint density at radius 1 is 1.11 bits per heavy atom. The van der Waals surface area contributed by atoms with Crippen molar-refractivity contribution < 1.29 is 30.8 Å². The molecule has 0 fully saturated rings. The predicted octanol–water partition coefficient (Wildman–Crippen LogP) is 2.83. The van der Waals surface area contributed by atoms with Crippen LogP contribution in [0.15, 0.2) is 53.4 Å². The van der Waals surface area contributed by atoms with E-state index in [0.717, 1.165) is 18.2 Å². The Kier molecular flexibility index (Phi) is 6.22. The van der Waals surface area contributed by atoms with Crippen LogP contribution >= 0.6 is 0 Å². The minimum atomic E-state index is -4.69. The average molecular weight is 404 g/mol. The first-order chi connectivity index (χ1) is 12.5. The summed E-state index contributed by atoms with van der Waals surface area (Å²) in [6.45, 7) is 1.29. The number of hydrogen-bond acceptors (Lipinski definition) is 3. The second kappa shape index (κ2) is 8.05. The van der Waals surface area contributed by atoms with E-state index in [9.17, 15) is 30.8 Å². The van der Waals surface area contributed by atoms with E-state index in [1.165, 1.54) is 31.2 Å². The number of rotatable bonds is 6. The standard InChI is InChI=1S/C17H16F4N2O3S/c1-11(16(24)22-10-12-5-7-14(18)8-6-12)23-27(25,26)15-4-2-3-13(9-15)17(19,20)21/h2-9,11,23H,10H2,1H3,(H,22,24). The maximum absolute atomic E-state index is 12.8. The molecule has 27 heavy (non-hydrogen) atoms. The molecule has 2 N–H and O–H groups in total. The van der Waals surface area contributed by atoms with Crippen molar-refractivity contribution in [1.82, 2.24) is 10.0 Å². The molecule has 10 heteroatoms. The lowest BCUT2D eigenvalue weighted by Crippen LogP contribution is -2.44. The molecule has 1 unspecified atom stereocenters. The van der Waals surface area contributed by atoms with Crippen molar-refractivity contribution in [2.45, 2.75) is 30.6 Å². The fourth-order valence-electron chi connectivity index (χ4n) is 2.14. The highest BCUT2D eigenvalue weighted by molar-refractivity contribution is 7.89. The summed E-state index contributed by atoms with van der Waals surface area (Å²) in [7, 11) is -4.34. The minimum absolute atomic E-state index is 0.0364. The molecule has 146 valence electrons. The molecule has 0 heterocycles. The van der Waals surface area contributed by atoms with Gasteiger partial charge in [-0.05, 0) is 42.8 Å². The lowest BCUT2D eigenvalue weighted by Gasteiger charge is -2.15. The van der Waals surface area contributed by atoms with Crippen molar-refractivity contribution in [2.75, 3.05) is 0 Å². The van der Waals surface area contributed by atoms with Crippen LogP contribution in [0.1, 0.15) is 18.1 Å². The van der Waals surface area contributed by atoms with Gasteiger partial charge in [-0.15, -0.1) is 0 Å². The van der Waals surface area contributed by atoms with E-state index >= 15 is 0 Å². The number of benzene rings is 2. The summed E-state index contributed by atoms with van der Waals surface area (Å²) in [6.07, 6.45) is -4.69. The minimum Gasteiger partial charge on any atom is -0.351 e. The quantitative estimate of drug-likeness (QED) is 0.727. The molecule has 0 spiro atoms. The van der Waals surface area contributed by atoms with Crippen LogP contribution in [0.4, 0.5) is 17.6 Å². The Balaban J connectivity index is 2.03.